The summed E-state index contributed by atoms with van der Waals surface area (Å²) < 4.78 is 0. The van der Waals surface area contributed by atoms with E-state index in [0.717, 1.165) is 11.3 Å². The first-order valence-corrected chi connectivity index (χ1v) is 5.94. The van der Waals surface area contributed by atoms with Gasteiger partial charge in [0.2, 0.25) is 0 Å². The molecule has 0 bridgehead atoms. The van der Waals surface area contributed by atoms with E-state index in [-0.39, 0.29) is 0 Å². The summed E-state index contributed by atoms with van der Waals surface area (Å²) >= 11 is 0. The topological polar surface area (TPSA) is 50.8 Å². The molecule has 0 N–H and O–H groups in total. The van der Waals surface area contributed by atoms with Crippen LogP contribution in [0.25, 0.3) is 0 Å². The second-order valence-electron chi connectivity index (χ2n) is 4.29. The molecular formula is C16H13N3. The van der Waals surface area contributed by atoms with Crippen LogP contribution in [0.4, 0.5) is 5.69 Å². The van der Waals surface area contributed by atoms with E-state index in [4.69, 9.17) is 10.5 Å². The molecule has 19 heavy (non-hydrogen) atoms. The van der Waals surface area contributed by atoms with Gasteiger partial charge in [-0.3, -0.25) is 0 Å². The highest BCUT2D eigenvalue weighted by molar-refractivity contribution is 5.52. The average Bonchev–Trinajstić information content (AvgIpc) is 2.47. The summed E-state index contributed by atoms with van der Waals surface area (Å²) in [6, 6.07) is 19.3. The number of hydrogen-bond acceptors (Lipinski definition) is 3. The maximum atomic E-state index is 9.07. The number of anilines is 1. The van der Waals surface area contributed by atoms with Gasteiger partial charge in [-0.1, -0.05) is 24.3 Å². The van der Waals surface area contributed by atoms with Gasteiger partial charge in [0.25, 0.3) is 0 Å². The van der Waals surface area contributed by atoms with Gasteiger partial charge in [-0.25, -0.2) is 0 Å². The molecule has 0 aliphatic heterocycles. The van der Waals surface area contributed by atoms with Crippen molar-refractivity contribution in [3.8, 4) is 12.1 Å². The van der Waals surface area contributed by atoms with E-state index >= 15 is 0 Å². The van der Waals surface area contributed by atoms with Gasteiger partial charge in [0.1, 0.15) is 0 Å². The molecule has 2 aromatic rings. The molecule has 0 saturated carbocycles. The Balaban J connectivity index is 2.24. The number of hydrogen-bond donors (Lipinski definition) is 0. The lowest BCUT2D eigenvalue weighted by Gasteiger charge is -2.20. The molecule has 2 rings (SSSR count). The molecule has 0 fully saturated rings. The SMILES string of the molecule is CN(Cc1ccccc1C#N)c1cccc(C#N)c1. The standard InChI is InChI=1S/C16H13N3/c1-19(16-8-4-5-13(9-16)10-17)12-15-7-3-2-6-14(15)11-18/h2-9H,12H2,1H3. The van der Waals surface area contributed by atoms with Crippen LogP contribution in [0, 0.1) is 22.7 Å². The maximum Gasteiger partial charge on any atom is 0.0995 e. The molecule has 0 aromatic heterocycles. The lowest BCUT2D eigenvalue weighted by molar-refractivity contribution is 0.919. The first kappa shape index (κ1) is 12.7. The molecule has 2 aromatic carbocycles. The van der Waals surface area contributed by atoms with E-state index in [0.29, 0.717) is 17.7 Å². The molecule has 0 aliphatic carbocycles. The molecule has 0 heterocycles. The normalized spacial score (nSPS) is 9.42. The lowest BCUT2D eigenvalue weighted by Crippen LogP contribution is -2.17. The van der Waals surface area contributed by atoms with Crippen molar-refractivity contribution in [2.24, 2.45) is 0 Å². The van der Waals surface area contributed by atoms with Gasteiger partial charge in [0.15, 0.2) is 0 Å². The molecule has 0 radical (unpaired) electrons. The molecule has 0 aliphatic rings. The summed E-state index contributed by atoms with van der Waals surface area (Å²) in [5, 5.41) is 18.0. The minimum Gasteiger partial charge on any atom is -0.370 e. The Bertz CT molecular complexity index is 662. The van der Waals surface area contributed by atoms with E-state index in [1.54, 1.807) is 6.07 Å². The summed E-state index contributed by atoms with van der Waals surface area (Å²) in [6.45, 7) is 0.638. The quantitative estimate of drug-likeness (QED) is 0.837. The maximum absolute atomic E-state index is 9.07. The van der Waals surface area contributed by atoms with Gasteiger partial charge < -0.3 is 4.90 Å². The van der Waals surface area contributed by atoms with Gasteiger partial charge in [-0.05, 0) is 29.8 Å². The highest BCUT2D eigenvalue weighted by Crippen LogP contribution is 2.18. The summed E-state index contributed by atoms with van der Waals surface area (Å²) in [7, 11) is 1.95. The van der Waals surface area contributed by atoms with Crippen molar-refractivity contribution in [3.63, 3.8) is 0 Å². The Labute approximate surface area is 112 Å². The van der Waals surface area contributed by atoms with Crippen LogP contribution in [-0.4, -0.2) is 7.05 Å². The summed E-state index contributed by atoms with van der Waals surface area (Å²) in [4.78, 5) is 2.02. The second kappa shape index (κ2) is 5.71. The lowest BCUT2D eigenvalue weighted by atomic mass is 10.1. The van der Waals surface area contributed by atoms with Crippen LogP contribution in [0.3, 0.4) is 0 Å². The largest absolute Gasteiger partial charge is 0.370 e. The predicted octanol–water partition coefficient (Wildman–Crippen LogP) is 3.07. The second-order valence-corrected chi connectivity index (χ2v) is 4.29. The fraction of sp³-hybridized carbons (Fsp3) is 0.125. The summed E-state index contributed by atoms with van der Waals surface area (Å²) in [6.07, 6.45) is 0. The molecule has 3 heteroatoms. The fourth-order valence-electron chi connectivity index (χ4n) is 1.93. The minimum atomic E-state index is 0.637. The molecule has 0 amide bonds. The molecule has 0 spiro atoms. The van der Waals surface area contributed by atoms with E-state index < -0.39 is 0 Å². The van der Waals surface area contributed by atoms with Crippen LogP contribution in [0.15, 0.2) is 48.5 Å². The van der Waals surface area contributed by atoms with Crippen molar-refractivity contribution < 1.29 is 0 Å². The molecule has 3 nitrogen and oxygen atoms in total. The number of nitriles is 2. The molecule has 0 saturated heterocycles. The fourth-order valence-corrected chi connectivity index (χ4v) is 1.93. The highest BCUT2D eigenvalue weighted by Gasteiger charge is 2.06. The zero-order valence-corrected chi connectivity index (χ0v) is 10.7. The van der Waals surface area contributed by atoms with Crippen molar-refractivity contribution in [3.05, 3.63) is 65.2 Å². The monoisotopic (exact) mass is 247 g/mol. The Morgan fingerprint density at radius 2 is 1.79 bits per heavy atom. The number of nitrogens with zero attached hydrogens (tertiary/aromatic N) is 3. The van der Waals surface area contributed by atoms with Gasteiger partial charge in [0.05, 0.1) is 23.3 Å². The number of rotatable bonds is 3. The molecule has 92 valence electrons. The first-order valence-electron chi connectivity index (χ1n) is 5.94. The summed E-state index contributed by atoms with van der Waals surface area (Å²) in [5.74, 6) is 0. The highest BCUT2D eigenvalue weighted by atomic mass is 15.1. The van der Waals surface area contributed by atoms with Crippen molar-refractivity contribution in [2.45, 2.75) is 6.54 Å². The third-order valence-electron chi connectivity index (χ3n) is 2.96. The van der Waals surface area contributed by atoms with E-state index in [1.165, 1.54) is 0 Å². The zero-order chi connectivity index (χ0) is 13.7. The average molecular weight is 247 g/mol. The molecular weight excluding hydrogens is 234 g/mol. The van der Waals surface area contributed by atoms with Gasteiger partial charge in [-0.2, -0.15) is 10.5 Å². The van der Waals surface area contributed by atoms with Crippen LogP contribution in [-0.2, 0) is 6.54 Å². The van der Waals surface area contributed by atoms with Gasteiger partial charge >= 0.3 is 0 Å². The zero-order valence-electron chi connectivity index (χ0n) is 10.7. The van der Waals surface area contributed by atoms with Crippen LogP contribution < -0.4 is 4.90 Å². The van der Waals surface area contributed by atoms with Crippen LogP contribution in [0.2, 0.25) is 0 Å². The Morgan fingerprint density at radius 1 is 1.00 bits per heavy atom. The van der Waals surface area contributed by atoms with Crippen molar-refractivity contribution in [1.29, 1.82) is 10.5 Å². The van der Waals surface area contributed by atoms with Crippen molar-refractivity contribution in [1.82, 2.24) is 0 Å². The van der Waals surface area contributed by atoms with Gasteiger partial charge in [-0.15, -0.1) is 0 Å². The van der Waals surface area contributed by atoms with Crippen molar-refractivity contribution in [2.75, 3.05) is 11.9 Å². The van der Waals surface area contributed by atoms with Crippen LogP contribution in [0.1, 0.15) is 16.7 Å². The Kier molecular flexibility index (Phi) is 3.81. The summed E-state index contributed by atoms with van der Waals surface area (Å²) in [5.41, 5.74) is 3.27. The van der Waals surface area contributed by atoms with E-state index in [2.05, 4.69) is 12.1 Å². The third-order valence-corrected chi connectivity index (χ3v) is 2.96. The van der Waals surface area contributed by atoms with E-state index in [1.807, 2.05) is 54.4 Å². The van der Waals surface area contributed by atoms with Crippen LogP contribution in [0.5, 0.6) is 0 Å². The minimum absolute atomic E-state index is 0.637. The molecule has 0 unspecified atom stereocenters. The van der Waals surface area contributed by atoms with Crippen molar-refractivity contribution >= 4 is 5.69 Å². The third kappa shape index (κ3) is 2.91. The smallest absolute Gasteiger partial charge is 0.0995 e. The van der Waals surface area contributed by atoms with E-state index in [9.17, 15) is 0 Å². The number of benzene rings is 2. The predicted molar refractivity (Wildman–Crippen MR) is 74.4 cm³/mol. The van der Waals surface area contributed by atoms with Crippen LogP contribution >= 0.6 is 0 Å². The molecule has 0 atom stereocenters. The Morgan fingerprint density at radius 3 is 2.53 bits per heavy atom. The van der Waals surface area contributed by atoms with Gasteiger partial charge in [0, 0.05) is 19.3 Å². The Hall–Kier alpha value is -2.78. The first-order chi connectivity index (χ1) is 9.24.